The lowest BCUT2D eigenvalue weighted by Crippen LogP contribution is -2.30. The van der Waals surface area contributed by atoms with Crippen LogP contribution >= 0.6 is 0 Å². The standard InChI is InChI=1S/C17H19NO4/c1-5-21-17(19)14-7-6-8-18(20)16(14)22-15-12(3)9-11(2)10-13(15)4/h6-10H,5H2,1-4H3. The van der Waals surface area contributed by atoms with Gasteiger partial charge in [-0.1, -0.05) is 17.7 Å². The molecule has 0 N–H and O–H groups in total. The molecule has 1 aromatic carbocycles. The van der Waals surface area contributed by atoms with E-state index in [4.69, 9.17) is 9.47 Å². The van der Waals surface area contributed by atoms with Gasteiger partial charge in [0, 0.05) is 6.07 Å². The third-order valence-electron chi connectivity index (χ3n) is 3.21. The van der Waals surface area contributed by atoms with Gasteiger partial charge in [0.2, 0.25) is 0 Å². The minimum atomic E-state index is -0.579. The predicted molar refractivity (Wildman–Crippen MR) is 82.1 cm³/mol. The number of nitrogens with zero attached hydrogens (tertiary/aromatic N) is 1. The monoisotopic (exact) mass is 301 g/mol. The average Bonchev–Trinajstić information content (AvgIpc) is 2.44. The number of ether oxygens (including phenoxy) is 2. The van der Waals surface area contributed by atoms with E-state index in [1.165, 1.54) is 18.3 Å². The molecule has 0 bridgehead atoms. The molecule has 0 aliphatic heterocycles. The maximum atomic E-state index is 12.0. The summed E-state index contributed by atoms with van der Waals surface area (Å²) >= 11 is 0. The Morgan fingerprint density at radius 2 is 1.86 bits per heavy atom. The van der Waals surface area contributed by atoms with E-state index in [2.05, 4.69) is 0 Å². The van der Waals surface area contributed by atoms with Gasteiger partial charge in [0.25, 0.3) is 0 Å². The summed E-state index contributed by atoms with van der Waals surface area (Å²) in [5, 5.41) is 12.0. The summed E-state index contributed by atoms with van der Waals surface area (Å²) in [6.45, 7) is 7.73. The molecule has 0 atom stereocenters. The van der Waals surface area contributed by atoms with Crippen LogP contribution in [0.2, 0.25) is 0 Å². The zero-order valence-electron chi connectivity index (χ0n) is 13.2. The molecule has 22 heavy (non-hydrogen) atoms. The number of carbonyl (C=O) groups excluding carboxylic acids is 1. The first-order chi connectivity index (χ1) is 10.4. The van der Waals surface area contributed by atoms with Gasteiger partial charge in [-0.3, -0.25) is 0 Å². The van der Waals surface area contributed by atoms with Gasteiger partial charge in [-0.2, -0.15) is 0 Å². The molecule has 0 saturated heterocycles. The van der Waals surface area contributed by atoms with E-state index in [0.717, 1.165) is 16.7 Å². The molecule has 0 amide bonds. The number of benzene rings is 1. The van der Waals surface area contributed by atoms with Crippen molar-refractivity contribution in [3.63, 3.8) is 0 Å². The van der Waals surface area contributed by atoms with E-state index in [9.17, 15) is 10.0 Å². The van der Waals surface area contributed by atoms with Gasteiger partial charge in [0.05, 0.1) is 6.61 Å². The predicted octanol–water partition coefficient (Wildman–Crippen LogP) is 3.21. The lowest BCUT2D eigenvalue weighted by atomic mass is 10.1. The maximum absolute atomic E-state index is 12.0. The van der Waals surface area contributed by atoms with E-state index < -0.39 is 5.97 Å². The normalized spacial score (nSPS) is 10.4. The molecule has 1 aromatic heterocycles. The Hall–Kier alpha value is -2.56. The highest BCUT2D eigenvalue weighted by atomic mass is 16.6. The summed E-state index contributed by atoms with van der Waals surface area (Å²) < 4.78 is 11.3. The third kappa shape index (κ3) is 3.19. The second-order valence-electron chi connectivity index (χ2n) is 5.10. The average molecular weight is 301 g/mol. The first-order valence-electron chi connectivity index (χ1n) is 7.09. The Labute approximate surface area is 129 Å². The van der Waals surface area contributed by atoms with Gasteiger partial charge >= 0.3 is 11.8 Å². The van der Waals surface area contributed by atoms with Crippen LogP contribution in [-0.4, -0.2) is 12.6 Å². The van der Waals surface area contributed by atoms with Crippen molar-refractivity contribution in [3.8, 4) is 11.6 Å². The summed E-state index contributed by atoms with van der Waals surface area (Å²) in [5.74, 6) is -0.0759. The van der Waals surface area contributed by atoms with Crippen molar-refractivity contribution in [2.75, 3.05) is 6.61 Å². The molecule has 0 spiro atoms. The Morgan fingerprint density at radius 3 is 2.45 bits per heavy atom. The number of aromatic nitrogens is 1. The smallest absolute Gasteiger partial charge is 0.399 e. The van der Waals surface area contributed by atoms with Gasteiger partial charge in [0.1, 0.15) is 5.75 Å². The number of pyridine rings is 1. The van der Waals surface area contributed by atoms with Crippen LogP contribution in [0.1, 0.15) is 34.0 Å². The molecule has 0 fully saturated rings. The molecule has 5 nitrogen and oxygen atoms in total. The Bertz CT molecular complexity index is 687. The highest BCUT2D eigenvalue weighted by Crippen LogP contribution is 2.30. The maximum Gasteiger partial charge on any atom is 0.399 e. The molecule has 0 unspecified atom stereocenters. The van der Waals surface area contributed by atoms with E-state index in [1.54, 1.807) is 6.92 Å². The van der Waals surface area contributed by atoms with Crippen molar-refractivity contribution in [1.29, 1.82) is 0 Å². The van der Waals surface area contributed by atoms with Crippen molar-refractivity contribution in [1.82, 2.24) is 0 Å². The Balaban J connectivity index is 2.48. The summed E-state index contributed by atoms with van der Waals surface area (Å²) in [6.07, 6.45) is 1.29. The number of aryl methyl sites for hydroxylation is 3. The van der Waals surface area contributed by atoms with Crippen LogP contribution in [0.25, 0.3) is 0 Å². The second kappa shape index (κ2) is 6.47. The highest BCUT2D eigenvalue weighted by Gasteiger charge is 2.24. The van der Waals surface area contributed by atoms with Crippen LogP contribution in [0.15, 0.2) is 30.5 Å². The fraction of sp³-hybridized carbons (Fsp3) is 0.294. The first kappa shape index (κ1) is 15.8. The van der Waals surface area contributed by atoms with Gasteiger partial charge in [-0.05, 0) is 44.9 Å². The molecule has 2 aromatic rings. The zero-order valence-corrected chi connectivity index (χ0v) is 13.2. The lowest BCUT2D eigenvalue weighted by Gasteiger charge is -2.14. The Kier molecular flexibility index (Phi) is 4.65. The van der Waals surface area contributed by atoms with E-state index in [1.807, 2.05) is 32.9 Å². The number of carbonyl (C=O) groups is 1. The first-order valence-corrected chi connectivity index (χ1v) is 7.09. The van der Waals surface area contributed by atoms with Gasteiger partial charge in [-0.15, -0.1) is 4.73 Å². The number of rotatable bonds is 4. The van der Waals surface area contributed by atoms with Crippen LogP contribution in [0.5, 0.6) is 11.6 Å². The molecule has 0 aliphatic carbocycles. The summed E-state index contributed by atoms with van der Waals surface area (Å²) in [4.78, 5) is 12.0. The molecular formula is C17H19NO4. The molecule has 116 valence electrons. The number of esters is 1. The van der Waals surface area contributed by atoms with Crippen LogP contribution in [0.4, 0.5) is 0 Å². The molecule has 1 heterocycles. The summed E-state index contributed by atoms with van der Waals surface area (Å²) in [6, 6.07) is 6.93. The van der Waals surface area contributed by atoms with E-state index in [-0.39, 0.29) is 18.1 Å². The molecular weight excluding hydrogens is 282 g/mol. The topological polar surface area (TPSA) is 62.5 Å². The molecule has 0 aliphatic rings. The van der Waals surface area contributed by atoms with Crippen molar-refractivity contribution >= 4 is 5.97 Å². The van der Waals surface area contributed by atoms with Gasteiger partial charge < -0.3 is 14.7 Å². The van der Waals surface area contributed by atoms with Crippen LogP contribution in [-0.2, 0) is 4.74 Å². The largest absolute Gasteiger partial charge is 0.616 e. The molecule has 5 heteroatoms. The van der Waals surface area contributed by atoms with Gasteiger partial charge in [0.15, 0.2) is 11.8 Å². The number of hydrogen-bond donors (Lipinski definition) is 0. The lowest BCUT2D eigenvalue weighted by molar-refractivity contribution is -0.611. The molecule has 2 rings (SSSR count). The number of hydrogen-bond acceptors (Lipinski definition) is 4. The third-order valence-corrected chi connectivity index (χ3v) is 3.21. The fourth-order valence-corrected chi connectivity index (χ4v) is 2.36. The molecule has 0 saturated carbocycles. The van der Waals surface area contributed by atoms with Crippen LogP contribution in [0.3, 0.4) is 0 Å². The molecule has 0 radical (unpaired) electrons. The van der Waals surface area contributed by atoms with Crippen molar-refractivity contribution in [2.45, 2.75) is 27.7 Å². The highest BCUT2D eigenvalue weighted by molar-refractivity contribution is 5.91. The van der Waals surface area contributed by atoms with E-state index in [0.29, 0.717) is 10.5 Å². The second-order valence-corrected chi connectivity index (χ2v) is 5.10. The van der Waals surface area contributed by atoms with Crippen LogP contribution in [0, 0.1) is 26.0 Å². The minimum absolute atomic E-state index is 0.0731. The van der Waals surface area contributed by atoms with Crippen LogP contribution < -0.4 is 9.47 Å². The summed E-state index contributed by atoms with van der Waals surface area (Å²) in [7, 11) is 0. The van der Waals surface area contributed by atoms with Gasteiger partial charge in [-0.25, -0.2) is 4.79 Å². The zero-order chi connectivity index (χ0) is 16.3. The van der Waals surface area contributed by atoms with Crippen molar-refractivity contribution in [3.05, 3.63) is 57.9 Å². The quantitative estimate of drug-likeness (QED) is 0.494. The van der Waals surface area contributed by atoms with Crippen molar-refractivity contribution in [2.24, 2.45) is 0 Å². The minimum Gasteiger partial charge on any atom is -0.616 e. The SMILES string of the molecule is CCOC(=O)c1ccc[n+]([O-])c1Oc1c(C)cc(C)cc1C. The fourth-order valence-electron chi connectivity index (χ4n) is 2.36. The van der Waals surface area contributed by atoms with Crippen molar-refractivity contribution < 1.29 is 19.0 Å². The Morgan fingerprint density at radius 1 is 1.23 bits per heavy atom. The summed E-state index contributed by atoms with van der Waals surface area (Å²) in [5.41, 5.74) is 3.02. The van der Waals surface area contributed by atoms with E-state index >= 15 is 0 Å².